The van der Waals surface area contributed by atoms with Gasteiger partial charge in [0, 0.05) is 4.98 Å². The Labute approximate surface area is 314 Å². The first-order valence-electron chi connectivity index (χ1n) is 11.2. The largest absolute Gasteiger partial charge is 1.00 e. The summed E-state index contributed by atoms with van der Waals surface area (Å²) in [5.74, 6) is -5.67. The van der Waals surface area contributed by atoms with Gasteiger partial charge in [-0.05, 0) is 29.6 Å². The van der Waals surface area contributed by atoms with Crippen LogP contribution in [0.1, 0.15) is 12.2 Å². The second kappa shape index (κ2) is 17.9. The van der Waals surface area contributed by atoms with Gasteiger partial charge in [0.1, 0.15) is 6.42 Å². The molecule has 9 N–H and O–H groups in total. The Morgan fingerprint density at radius 3 is 1.29 bits per heavy atom. The topological polar surface area (TPSA) is 562 Å². The van der Waals surface area contributed by atoms with Crippen LogP contribution in [0.5, 0.6) is 0 Å². The van der Waals surface area contributed by atoms with Crippen LogP contribution in [0.4, 0.5) is 34.9 Å². The molecule has 0 aromatic carbocycles. The minimum atomic E-state index is -1.24. The van der Waals surface area contributed by atoms with Gasteiger partial charge in [-0.25, -0.2) is 0 Å². The maximum absolute atomic E-state index is 10.7. The summed E-state index contributed by atoms with van der Waals surface area (Å²) < 4.78 is 0. The number of guanidine groups is 1. The predicted octanol–water partition coefficient (Wildman–Crippen LogP) is -7.13. The predicted molar refractivity (Wildman–Crippen MR) is 145 cm³/mol. The zero-order chi connectivity index (χ0) is 37.5. The van der Waals surface area contributed by atoms with Crippen molar-refractivity contribution in [2.24, 2.45) is 22.3 Å². The molecule has 51 heavy (non-hydrogen) atoms. The summed E-state index contributed by atoms with van der Waals surface area (Å²) in [6, 6.07) is 0. The standard InChI is InChI=1S/C7H3N7O8.C6N8O8.CH6N4.K.H2O/c15-11(16)3-1-2(8-5(3)12(17)18)4-9-6(13(19)20)7(10-4)14(21)22;15-11(16)3-4(12(17)18)8-1(7-3)2-9-5(13(19)20)6(10-2)14(21)22;2-1(3)5-4;;/h1H2,(H,9,10);;4H2,(H4,2,3,5);;1H2/q;-2;;+1;. The Hall–Kier alpha value is -7.09. The Morgan fingerprint density at radius 1 is 0.647 bits per heavy atom. The van der Waals surface area contributed by atoms with E-state index >= 15 is 0 Å². The van der Waals surface area contributed by atoms with Gasteiger partial charge in [-0.1, -0.05) is 0 Å². The van der Waals surface area contributed by atoms with Gasteiger partial charge in [-0.3, -0.25) is 27.4 Å². The summed E-state index contributed by atoms with van der Waals surface area (Å²) in [6.07, 6.45) is -0.648. The molecule has 0 spiro atoms. The minimum Gasteiger partial charge on any atom is -0.870 e. The number of allylic oxidation sites excluding steroid dienone is 1. The second-order valence-electron chi connectivity index (χ2n) is 7.81. The molecule has 3 aromatic rings. The summed E-state index contributed by atoms with van der Waals surface area (Å²) in [6.45, 7) is 0. The van der Waals surface area contributed by atoms with E-state index in [1.54, 1.807) is 0 Å². The fourth-order valence-electron chi connectivity index (χ4n) is 2.99. The summed E-state index contributed by atoms with van der Waals surface area (Å²) in [5, 5.41) is 87.1. The van der Waals surface area contributed by atoms with Crippen LogP contribution in [-0.2, 0) is 0 Å². The average molecular weight is 756 g/mol. The summed E-state index contributed by atoms with van der Waals surface area (Å²) >= 11 is 0. The van der Waals surface area contributed by atoms with Crippen molar-refractivity contribution in [3.05, 3.63) is 98.3 Å². The monoisotopic (exact) mass is 756 g/mol. The molecule has 0 unspecified atom stereocenters. The molecule has 0 aliphatic carbocycles. The quantitative estimate of drug-likeness (QED) is 0.0320. The summed E-state index contributed by atoms with van der Waals surface area (Å²) in [5.41, 5.74) is 8.27. The van der Waals surface area contributed by atoms with Crippen LogP contribution in [0.3, 0.4) is 0 Å². The molecule has 4 heterocycles. The number of aliphatic imine (C=N–C) groups is 1. The Bertz CT molecular complexity index is 1860. The smallest absolute Gasteiger partial charge is 0.870 e. The van der Waals surface area contributed by atoms with Crippen molar-refractivity contribution in [2.45, 2.75) is 6.42 Å². The van der Waals surface area contributed by atoms with Crippen LogP contribution >= 0.6 is 0 Å². The number of rotatable bonds is 10. The van der Waals surface area contributed by atoms with Crippen molar-refractivity contribution in [1.82, 2.24) is 29.9 Å². The van der Waals surface area contributed by atoms with Crippen LogP contribution in [0, 0.1) is 80.9 Å². The molecular formula is C14H11KN19O17-. The fourth-order valence-corrected chi connectivity index (χ4v) is 2.99. The third-order valence-corrected chi connectivity index (χ3v) is 4.83. The molecular weight excluding hydrogens is 745 g/mol. The SMILES string of the molecule is N[NH+]=C(N)N.O=[N+]([O-])C1=C([N+](=O)[O-])N=C(c2nc([N+](=O)[O-])c([N+](=O)[O-])[nH]2)C1.O=[N+]([O-])c1nc(-c2nc([N+](=O)[O-])c([N+](=O)[O-])[n-]2)[n-]c1[N+](=O)[O-].[K+].[OH-]. The first kappa shape index (κ1) is 43.9. The van der Waals surface area contributed by atoms with Gasteiger partial charge in [0.2, 0.25) is 23.3 Å². The molecule has 36 nitrogen and oxygen atoms in total. The second-order valence-corrected chi connectivity index (χ2v) is 7.81. The third-order valence-electron chi connectivity index (χ3n) is 4.83. The zero-order valence-corrected chi connectivity index (χ0v) is 27.3. The molecule has 266 valence electrons. The molecule has 0 atom stereocenters. The first-order chi connectivity index (χ1) is 22.7. The van der Waals surface area contributed by atoms with Crippen LogP contribution in [0.25, 0.3) is 11.6 Å². The number of hydrogen-bond donors (Lipinski definition) is 5. The van der Waals surface area contributed by atoms with Gasteiger partial charge in [0.25, 0.3) is 5.71 Å². The summed E-state index contributed by atoms with van der Waals surface area (Å²) in [7, 11) is 0. The van der Waals surface area contributed by atoms with Gasteiger partial charge in [-0.2, -0.15) is 39.9 Å². The average Bonchev–Trinajstić information content (AvgIpc) is 3.80. The number of hydrazone groups is 1. The molecule has 4 rings (SSSR count). The van der Waals surface area contributed by atoms with E-state index in [1.807, 2.05) is 10.1 Å². The molecule has 3 aromatic heterocycles. The first-order valence-corrected chi connectivity index (χ1v) is 11.2. The van der Waals surface area contributed by atoms with Gasteiger partial charge in [-0.15, -0.1) is 0 Å². The zero-order valence-electron chi connectivity index (χ0n) is 24.2. The van der Waals surface area contributed by atoms with Gasteiger partial charge < -0.3 is 76.3 Å². The minimum absolute atomic E-state index is 0. The number of hydrogen-bond acceptors (Lipinski definition) is 22. The van der Waals surface area contributed by atoms with Crippen LogP contribution < -0.4 is 83.8 Å². The van der Waals surface area contributed by atoms with E-state index in [1.165, 1.54) is 0 Å². The van der Waals surface area contributed by atoms with Crippen molar-refractivity contribution >= 4 is 46.6 Å². The van der Waals surface area contributed by atoms with E-state index in [0.717, 1.165) is 0 Å². The number of aromatic amines is 1. The third kappa shape index (κ3) is 10.4. The van der Waals surface area contributed by atoms with Crippen LogP contribution in [-0.4, -0.2) is 76.5 Å². The summed E-state index contributed by atoms with van der Waals surface area (Å²) in [4.78, 5) is 97.1. The maximum Gasteiger partial charge on any atom is 1.00 e. The molecule has 0 fully saturated rings. The molecule has 0 bridgehead atoms. The van der Waals surface area contributed by atoms with E-state index < -0.39 is 110 Å². The van der Waals surface area contributed by atoms with Gasteiger partial charge >= 0.3 is 98.0 Å². The van der Waals surface area contributed by atoms with Crippen molar-refractivity contribution in [1.29, 1.82) is 0 Å². The normalized spacial score (nSPS) is 11.1. The van der Waals surface area contributed by atoms with E-state index in [0.29, 0.717) is 0 Å². The van der Waals surface area contributed by atoms with E-state index in [4.69, 9.17) is 11.5 Å². The van der Waals surface area contributed by atoms with E-state index in [9.17, 15) is 80.9 Å². The molecule has 1 aliphatic rings. The van der Waals surface area contributed by atoms with Crippen LogP contribution in [0.2, 0.25) is 0 Å². The Balaban J connectivity index is 0.000000837. The molecule has 37 heteroatoms. The number of hydrazine groups is 1. The number of nitro groups is 8. The molecule has 1 aliphatic heterocycles. The molecule has 0 saturated carbocycles. The van der Waals surface area contributed by atoms with Crippen molar-refractivity contribution < 1.29 is 101 Å². The van der Waals surface area contributed by atoms with E-state index in [-0.39, 0.29) is 68.5 Å². The Kier molecular flexibility index (Phi) is 15.4. The fraction of sp³-hybridized carbons (Fsp3) is 0.0714. The number of nitrogens with two attached hydrogens (primary N) is 3. The number of imidazole rings is 3. The van der Waals surface area contributed by atoms with E-state index in [2.05, 4.69) is 35.8 Å². The van der Waals surface area contributed by atoms with Crippen molar-refractivity contribution in [2.75, 3.05) is 0 Å². The maximum atomic E-state index is 10.7. The molecule has 0 saturated heterocycles. The molecule has 0 radical (unpaired) electrons. The number of H-pyrrole nitrogens is 1. The van der Waals surface area contributed by atoms with Crippen LogP contribution in [0.15, 0.2) is 16.5 Å². The number of nitrogens with one attached hydrogen (secondary N) is 2. The van der Waals surface area contributed by atoms with Gasteiger partial charge in [0.15, 0.2) is 0 Å². The number of aromatic nitrogens is 6. The van der Waals surface area contributed by atoms with Gasteiger partial charge in [0.05, 0.1) is 4.92 Å². The number of nitrogens with zero attached hydrogens (tertiary/aromatic N) is 14. The Morgan fingerprint density at radius 2 is 1.06 bits per heavy atom. The molecule has 0 amide bonds. The van der Waals surface area contributed by atoms with Crippen molar-refractivity contribution in [3.63, 3.8) is 0 Å². The van der Waals surface area contributed by atoms with Crippen molar-refractivity contribution in [3.8, 4) is 11.6 Å².